The summed E-state index contributed by atoms with van der Waals surface area (Å²) < 4.78 is 0. The fourth-order valence-corrected chi connectivity index (χ4v) is 5.37. The van der Waals surface area contributed by atoms with Crippen LogP contribution in [0.5, 0.6) is 0 Å². The Labute approximate surface area is 208 Å². The molecular weight excluding hydrogens is 452 g/mol. The second kappa shape index (κ2) is 9.00. The average Bonchev–Trinajstić information content (AvgIpc) is 3.45. The molecule has 7 heteroatoms. The number of anilines is 1. The van der Waals surface area contributed by atoms with Crippen molar-refractivity contribution in [2.45, 2.75) is 25.4 Å². The number of carbonyl (C=O) groups is 3. The number of hydrogen-bond acceptors (Lipinski definition) is 3. The third kappa shape index (κ3) is 3.64. The highest BCUT2D eigenvalue weighted by molar-refractivity contribution is 6.16. The van der Waals surface area contributed by atoms with E-state index >= 15 is 0 Å². The number of rotatable bonds is 7. The Balaban J connectivity index is 1.12. The number of nitrogens with one attached hydrogen (secondary N) is 2. The molecule has 36 heavy (non-hydrogen) atoms. The van der Waals surface area contributed by atoms with Gasteiger partial charge in [0.15, 0.2) is 0 Å². The standard InChI is InChI=1S/C29H26N4O3/c34-26(30-16-15-19-18-31-24-12-5-3-8-20(19)24)14-7-17-32-27-21-9-1-2-10-22(21)29(36)33(27)25-13-6-4-11-23(25)28(32)35/h1-6,8-13,18,27,31H,7,14-17H2,(H,30,34). The van der Waals surface area contributed by atoms with Crippen molar-refractivity contribution in [1.82, 2.24) is 15.2 Å². The lowest BCUT2D eigenvalue weighted by molar-refractivity contribution is -0.121. The van der Waals surface area contributed by atoms with Crippen molar-refractivity contribution >= 4 is 34.3 Å². The highest BCUT2D eigenvalue weighted by Gasteiger charge is 2.47. The van der Waals surface area contributed by atoms with Gasteiger partial charge in [-0.15, -0.1) is 0 Å². The number of carbonyl (C=O) groups excluding carboxylic acids is 3. The number of benzene rings is 3. The van der Waals surface area contributed by atoms with Crippen LogP contribution in [0.3, 0.4) is 0 Å². The van der Waals surface area contributed by atoms with E-state index in [2.05, 4.69) is 16.4 Å². The fourth-order valence-electron chi connectivity index (χ4n) is 5.37. The number of amides is 3. The zero-order valence-corrected chi connectivity index (χ0v) is 19.7. The van der Waals surface area contributed by atoms with E-state index in [9.17, 15) is 14.4 Å². The first-order chi connectivity index (χ1) is 17.6. The van der Waals surface area contributed by atoms with Gasteiger partial charge < -0.3 is 15.2 Å². The third-order valence-electron chi connectivity index (χ3n) is 7.08. The number of aromatic nitrogens is 1. The van der Waals surface area contributed by atoms with Crippen molar-refractivity contribution in [3.8, 4) is 0 Å². The summed E-state index contributed by atoms with van der Waals surface area (Å²) in [4.78, 5) is 45.9. The van der Waals surface area contributed by atoms with Gasteiger partial charge in [-0.25, -0.2) is 0 Å². The third-order valence-corrected chi connectivity index (χ3v) is 7.08. The minimum Gasteiger partial charge on any atom is -0.361 e. The Hall–Kier alpha value is -4.39. The second-order valence-electron chi connectivity index (χ2n) is 9.21. The Morgan fingerprint density at radius 3 is 2.53 bits per heavy atom. The average molecular weight is 479 g/mol. The van der Waals surface area contributed by atoms with E-state index in [1.807, 2.05) is 66.9 Å². The van der Waals surface area contributed by atoms with E-state index in [1.54, 1.807) is 15.9 Å². The maximum absolute atomic E-state index is 13.4. The van der Waals surface area contributed by atoms with Crippen LogP contribution < -0.4 is 10.2 Å². The summed E-state index contributed by atoms with van der Waals surface area (Å²) in [7, 11) is 0. The zero-order valence-electron chi connectivity index (χ0n) is 19.7. The van der Waals surface area contributed by atoms with Crippen LogP contribution in [0, 0.1) is 0 Å². The van der Waals surface area contributed by atoms with Gasteiger partial charge in [0.05, 0.1) is 11.3 Å². The predicted octanol–water partition coefficient (Wildman–Crippen LogP) is 4.42. The maximum Gasteiger partial charge on any atom is 0.260 e. The normalized spacial score (nSPS) is 16.2. The van der Waals surface area contributed by atoms with E-state index in [0.29, 0.717) is 42.7 Å². The van der Waals surface area contributed by atoms with Crippen molar-refractivity contribution in [3.05, 3.63) is 101 Å². The molecular formula is C29H26N4O3. The molecule has 7 nitrogen and oxygen atoms in total. The molecule has 180 valence electrons. The molecule has 0 bridgehead atoms. The van der Waals surface area contributed by atoms with Crippen LogP contribution >= 0.6 is 0 Å². The van der Waals surface area contributed by atoms with Crippen LogP contribution in [0.15, 0.2) is 79.0 Å². The topological polar surface area (TPSA) is 85.5 Å². The number of aromatic amines is 1. The summed E-state index contributed by atoms with van der Waals surface area (Å²) in [5.41, 5.74) is 4.86. The van der Waals surface area contributed by atoms with Crippen molar-refractivity contribution in [1.29, 1.82) is 0 Å². The molecule has 2 N–H and O–H groups in total. The van der Waals surface area contributed by atoms with Gasteiger partial charge in [-0.3, -0.25) is 19.3 Å². The van der Waals surface area contributed by atoms with E-state index in [4.69, 9.17) is 0 Å². The molecule has 3 heterocycles. The molecule has 4 aromatic rings. The Bertz CT molecular complexity index is 1490. The van der Waals surface area contributed by atoms with Crippen molar-refractivity contribution in [3.63, 3.8) is 0 Å². The summed E-state index contributed by atoms with van der Waals surface area (Å²) in [6.07, 6.45) is 3.06. The lowest BCUT2D eigenvalue weighted by Crippen LogP contribution is -2.48. The predicted molar refractivity (Wildman–Crippen MR) is 138 cm³/mol. The summed E-state index contributed by atoms with van der Waals surface area (Å²) in [6, 6.07) is 22.8. The molecule has 2 aliphatic heterocycles. The minimum absolute atomic E-state index is 0.0422. The smallest absolute Gasteiger partial charge is 0.260 e. The van der Waals surface area contributed by atoms with Gasteiger partial charge in [0.1, 0.15) is 6.17 Å². The van der Waals surface area contributed by atoms with Crippen molar-refractivity contribution in [2.75, 3.05) is 18.0 Å². The minimum atomic E-state index is -0.485. The Morgan fingerprint density at radius 2 is 1.64 bits per heavy atom. The molecule has 0 radical (unpaired) electrons. The number of H-pyrrole nitrogens is 1. The number of hydrogen-bond donors (Lipinski definition) is 2. The lowest BCUT2D eigenvalue weighted by atomic mass is 10.0. The van der Waals surface area contributed by atoms with E-state index in [1.165, 1.54) is 10.9 Å². The van der Waals surface area contributed by atoms with Crippen LogP contribution in [0.2, 0.25) is 0 Å². The van der Waals surface area contributed by atoms with Gasteiger partial charge in [-0.1, -0.05) is 48.5 Å². The molecule has 2 aliphatic rings. The van der Waals surface area contributed by atoms with E-state index in [-0.39, 0.29) is 17.7 Å². The van der Waals surface area contributed by atoms with Gasteiger partial charge in [0.25, 0.3) is 11.8 Å². The van der Waals surface area contributed by atoms with Gasteiger partial charge in [0, 0.05) is 47.7 Å². The quantitative estimate of drug-likeness (QED) is 0.412. The molecule has 0 saturated heterocycles. The summed E-state index contributed by atoms with van der Waals surface area (Å²) >= 11 is 0. The van der Waals surface area contributed by atoms with E-state index in [0.717, 1.165) is 17.5 Å². The van der Waals surface area contributed by atoms with Crippen LogP contribution in [-0.4, -0.2) is 40.7 Å². The molecule has 6 rings (SSSR count). The first-order valence-corrected chi connectivity index (χ1v) is 12.3. The molecule has 1 aromatic heterocycles. The van der Waals surface area contributed by atoms with Crippen molar-refractivity contribution < 1.29 is 14.4 Å². The number of nitrogens with zero attached hydrogens (tertiary/aromatic N) is 2. The maximum atomic E-state index is 13.4. The number of fused-ring (bicyclic) bond motifs is 6. The Kier molecular flexibility index (Phi) is 5.52. The highest BCUT2D eigenvalue weighted by Crippen LogP contribution is 2.45. The highest BCUT2D eigenvalue weighted by atomic mass is 16.2. The van der Waals surface area contributed by atoms with Crippen LogP contribution in [0.25, 0.3) is 10.9 Å². The summed E-state index contributed by atoms with van der Waals surface area (Å²) in [5, 5.41) is 4.17. The van der Waals surface area contributed by atoms with Crippen molar-refractivity contribution in [2.24, 2.45) is 0 Å². The molecule has 0 aliphatic carbocycles. The van der Waals surface area contributed by atoms with Gasteiger partial charge in [-0.05, 0) is 42.7 Å². The van der Waals surface area contributed by atoms with Crippen LogP contribution in [0.4, 0.5) is 5.69 Å². The van der Waals surface area contributed by atoms with Crippen LogP contribution in [-0.2, 0) is 11.2 Å². The molecule has 0 fully saturated rings. The SMILES string of the molecule is O=C(CCCN1C(=O)c2ccccc2N2C(=O)c3ccccc3C12)NCCc1c[nH]c2ccccc12. The van der Waals surface area contributed by atoms with Crippen LogP contribution in [0.1, 0.15) is 50.9 Å². The zero-order chi connectivity index (χ0) is 24.6. The summed E-state index contributed by atoms with van der Waals surface area (Å²) in [5.74, 6) is -0.258. The Morgan fingerprint density at radius 1 is 0.889 bits per heavy atom. The first kappa shape index (κ1) is 22.1. The second-order valence-corrected chi connectivity index (χ2v) is 9.21. The molecule has 0 saturated carbocycles. The first-order valence-electron chi connectivity index (χ1n) is 12.3. The van der Waals surface area contributed by atoms with Gasteiger partial charge >= 0.3 is 0 Å². The molecule has 1 unspecified atom stereocenters. The van der Waals surface area contributed by atoms with E-state index < -0.39 is 6.17 Å². The largest absolute Gasteiger partial charge is 0.361 e. The van der Waals surface area contributed by atoms with Gasteiger partial charge in [-0.2, -0.15) is 0 Å². The molecule has 1 atom stereocenters. The lowest BCUT2D eigenvalue weighted by Gasteiger charge is -2.41. The number of para-hydroxylation sites is 2. The molecule has 3 amide bonds. The molecule has 0 spiro atoms. The van der Waals surface area contributed by atoms with Gasteiger partial charge in [0.2, 0.25) is 5.91 Å². The summed E-state index contributed by atoms with van der Waals surface area (Å²) in [6.45, 7) is 0.931. The monoisotopic (exact) mass is 478 g/mol. The fraction of sp³-hybridized carbons (Fsp3) is 0.207. The molecule has 3 aromatic carbocycles.